The minimum atomic E-state index is 0.430. The fourth-order valence-electron chi connectivity index (χ4n) is 3.49. The number of hydrogen-bond acceptors (Lipinski definition) is 9. The van der Waals surface area contributed by atoms with Gasteiger partial charge in [-0.05, 0) is 12.1 Å². The minimum absolute atomic E-state index is 0.430. The Labute approximate surface area is 179 Å². The number of aromatic nitrogens is 6. The SMILES string of the molecule is c1ccc(-n2cnc3c(NCCN4CCOCC4)nc(Nc4cnccn4)nc32)cc1. The summed E-state index contributed by atoms with van der Waals surface area (Å²) in [6.07, 6.45) is 6.65. The summed E-state index contributed by atoms with van der Waals surface area (Å²) < 4.78 is 7.37. The highest BCUT2D eigenvalue weighted by atomic mass is 16.5. The molecular weight excluding hydrogens is 394 g/mol. The van der Waals surface area contributed by atoms with Crippen LogP contribution in [0.3, 0.4) is 0 Å². The number of anilines is 3. The van der Waals surface area contributed by atoms with Crippen LogP contribution in [-0.4, -0.2) is 73.8 Å². The molecule has 0 bridgehead atoms. The zero-order valence-electron chi connectivity index (χ0n) is 17.0. The number of imidazole rings is 1. The van der Waals surface area contributed by atoms with Gasteiger partial charge in [0.15, 0.2) is 22.8 Å². The van der Waals surface area contributed by atoms with Crippen LogP contribution in [0.5, 0.6) is 0 Å². The molecule has 31 heavy (non-hydrogen) atoms. The highest BCUT2D eigenvalue weighted by Crippen LogP contribution is 2.24. The molecular formula is C21H23N9O. The largest absolute Gasteiger partial charge is 0.379 e. The van der Waals surface area contributed by atoms with E-state index in [-0.39, 0.29) is 0 Å². The standard InChI is InChI=1S/C21H23N9O/c1-2-4-16(5-3-1)30-15-25-18-19(24-8-9-29-10-12-31-13-11-29)27-21(28-20(18)30)26-17-14-22-6-7-23-17/h1-7,14-15H,8-13H2,(H2,23,24,26,27,28). The Morgan fingerprint density at radius 2 is 1.87 bits per heavy atom. The van der Waals surface area contributed by atoms with Crippen molar-refractivity contribution in [2.45, 2.75) is 0 Å². The molecule has 2 N–H and O–H groups in total. The van der Waals surface area contributed by atoms with E-state index >= 15 is 0 Å². The van der Waals surface area contributed by atoms with Crippen molar-refractivity contribution < 1.29 is 4.74 Å². The van der Waals surface area contributed by atoms with Gasteiger partial charge >= 0.3 is 0 Å². The molecule has 0 atom stereocenters. The molecule has 0 aliphatic carbocycles. The minimum Gasteiger partial charge on any atom is -0.379 e. The van der Waals surface area contributed by atoms with Crippen molar-refractivity contribution in [3.63, 3.8) is 0 Å². The summed E-state index contributed by atoms with van der Waals surface area (Å²) in [6.45, 7) is 5.11. The maximum absolute atomic E-state index is 5.42. The molecule has 4 aromatic rings. The van der Waals surface area contributed by atoms with Crippen molar-refractivity contribution >= 4 is 28.7 Å². The van der Waals surface area contributed by atoms with Crippen LogP contribution in [0.15, 0.2) is 55.2 Å². The Balaban J connectivity index is 1.46. The van der Waals surface area contributed by atoms with Gasteiger partial charge in [-0.2, -0.15) is 9.97 Å². The van der Waals surface area contributed by atoms with Crippen LogP contribution >= 0.6 is 0 Å². The van der Waals surface area contributed by atoms with E-state index in [1.165, 1.54) is 0 Å². The number of morpholine rings is 1. The lowest BCUT2D eigenvalue weighted by Crippen LogP contribution is -2.39. The van der Waals surface area contributed by atoms with Crippen molar-refractivity contribution in [3.8, 4) is 5.69 Å². The molecule has 1 aliphatic rings. The second kappa shape index (κ2) is 9.02. The lowest BCUT2D eigenvalue weighted by atomic mass is 10.3. The molecule has 158 valence electrons. The lowest BCUT2D eigenvalue weighted by Gasteiger charge is -2.26. The van der Waals surface area contributed by atoms with Crippen molar-refractivity contribution in [3.05, 3.63) is 55.2 Å². The van der Waals surface area contributed by atoms with Crippen LogP contribution in [-0.2, 0) is 4.74 Å². The number of benzene rings is 1. The molecule has 0 amide bonds. The van der Waals surface area contributed by atoms with E-state index in [1.54, 1.807) is 24.9 Å². The van der Waals surface area contributed by atoms with Crippen molar-refractivity contribution in [2.75, 3.05) is 50.0 Å². The van der Waals surface area contributed by atoms with Gasteiger partial charge in [0, 0.05) is 44.3 Å². The van der Waals surface area contributed by atoms with Crippen LogP contribution in [0.2, 0.25) is 0 Å². The summed E-state index contributed by atoms with van der Waals surface area (Å²) >= 11 is 0. The highest BCUT2D eigenvalue weighted by Gasteiger charge is 2.16. The van der Waals surface area contributed by atoms with E-state index in [2.05, 4.69) is 35.5 Å². The summed E-state index contributed by atoms with van der Waals surface area (Å²) in [5, 5.41) is 6.58. The van der Waals surface area contributed by atoms with Crippen LogP contribution in [0.1, 0.15) is 0 Å². The normalized spacial score (nSPS) is 14.6. The molecule has 1 aliphatic heterocycles. The summed E-state index contributed by atoms with van der Waals surface area (Å²) in [5.74, 6) is 1.69. The lowest BCUT2D eigenvalue weighted by molar-refractivity contribution is 0.0398. The van der Waals surface area contributed by atoms with Gasteiger partial charge in [0.2, 0.25) is 5.95 Å². The number of nitrogens with one attached hydrogen (secondary N) is 2. The van der Waals surface area contributed by atoms with Gasteiger partial charge < -0.3 is 15.4 Å². The van der Waals surface area contributed by atoms with Crippen molar-refractivity contribution in [2.24, 2.45) is 0 Å². The van der Waals surface area contributed by atoms with Crippen molar-refractivity contribution in [1.82, 2.24) is 34.4 Å². The first-order valence-electron chi connectivity index (χ1n) is 10.2. The van der Waals surface area contributed by atoms with E-state index in [9.17, 15) is 0 Å². The number of ether oxygens (including phenoxy) is 1. The molecule has 3 aromatic heterocycles. The zero-order chi connectivity index (χ0) is 20.9. The second-order valence-corrected chi connectivity index (χ2v) is 7.11. The average Bonchev–Trinajstić information content (AvgIpc) is 3.25. The third-order valence-corrected chi connectivity index (χ3v) is 5.06. The Hall–Kier alpha value is -3.63. The summed E-state index contributed by atoms with van der Waals surface area (Å²) in [5.41, 5.74) is 2.41. The number of fused-ring (bicyclic) bond motifs is 1. The summed E-state index contributed by atoms with van der Waals surface area (Å²) in [7, 11) is 0. The average molecular weight is 417 g/mol. The predicted molar refractivity (Wildman–Crippen MR) is 118 cm³/mol. The van der Waals surface area contributed by atoms with E-state index in [1.807, 2.05) is 34.9 Å². The Morgan fingerprint density at radius 1 is 1.00 bits per heavy atom. The molecule has 1 aromatic carbocycles. The number of hydrogen-bond donors (Lipinski definition) is 2. The van der Waals surface area contributed by atoms with E-state index in [0.717, 1.165) is 50.6 Å². The molecule has 0 spiro atoms. The topological polar surface area (TPSA) is 106 Å². The fraction of sp³-hybridized carbons (Fsp3) is 0.286. The molecule has 4 heterocycles. The van der Waals surface area contributed by atoms with Crippen molar-refractivity contribution in [1.29, 1.82) is 0 Å². The molecule has 0 saturated carbocycles. The predicted octanol–water partition coefficient (Wildman–Crippen LogP) is 2.09. The van der Waals surface area contributed by atoms with Crippen LogP contribution in [0, 0.1) is 0 Å². The summed E-state index contributed by atoms with van der Waals surface area (Å²) in [6, 6.07) is 10.00. The first-order valence-corrected chi connectivity index (χ1v) is 10.2. The Kier molecular flexibility index (Phi) is 5.63. The quantitative estimate of drug-likeness (QED) is 0.467. The van der Waals surface area contributed by atoms with Gasteiger partial charge in [-0.1, -0.05) is 18.2 Å². The molecule has 1 fully saturated rings. The van der Waals surface area contributed by atoms with Gasteiger partial charge in [0.1, 0.15) is 6.33 Å². The molecule has 0 radical (unpaired) electrons. The summed E-state index contributed by atoms with van der Waals surface area (Å²) in [4.78, 5) is 24.7. The maximum Gasteiger partial charge on any atom is 0.232 e. The zero-order valence-corrected chi connectivity index (χ0v) is 17.0. The number of para-hydroxylation sites is 1. The highest BCUT2D eigenvalue weighted by molar-refractivity contribution is 5.85. The third kappa shape index (κ3) is 4.44. The number of rotatable bonds is 7. The first-order chi connectivity index (χ1) is 15.4. The molecule has 5 rings (SSSR count). The molecule has 1 saturated heterocycles. The molecule has 10 nitrogen and oxygen atoms in total. The molecule has 10 heteroatoms. The van der Waals surface area contributed by atoms with Crippen LogP contribution in [0.4, 0.5) is 17.6 Å². The smallest absolute Gasteiger partial charge is 0.232 e. The van der Waals surface area contributed by atoms with Crippen LogP contribution < -0.4 is 10.6 Å². The Bertz CT molecular complexity index is 1130. The second-order valence-electron chi connectivity index (χ2n) is 7.11. The number of nitrogens with zero attached hydrogens (tertiary/aromatic N) is 7. The monoisotopic (exact) mass is 417 g/mol. The molecule has 0 unspecified atom stereocenters. The van der Waals surface area contributed by atoms with Crippen LogP contribution in [0.25, 0.3) is 16.9 Å². The first kappa shape index (κ1) is 19.3. The van der Waals surface area contributed by atoms with E-state index < -0.39 is 0 Å². The van der Waals surface area contributed by atoms with Gasteiger partial charge in [-0.25, -0.2) is 9.97 Å². The van der Waals surface area contributed by atoms with Gasteiger partial charge in [0.25, 0.3) is 0 Å². The Morgan fingerprint density at radius 3 is 2.68 bits per heavy atom. The third-order valence-electron chi connectivity index (χ3n) is 5.06. The van der Waals surface area contributed by atoms with Gasteiger partial charge in [-0.15, -0.1) is 0 Å². The fourth-order valence-corrected chi connectivity index (χ4v) is 3.49. The van der Waals surface area contributed by atoms with E-state index in [0.29, 0.717) is 23.2 Å². The van der Waals surface area contributed by atoms with Gasteiger partial charge in [-0.3, -0.25) is 14.5 Å². The van der Waals surface area contributed by atoms with Gasteiger partial charge in [0.05, 0.1) is 19.4 Å². The van der Waals surface area contributed by atoms with E-state index in [4.69, 9.17) is 9.72 Å². The maximum atomic E-state index is 5.42.